The lowest BCUT2D eigenvalue weighted by atomic mass is 9.92. The summed E-state index contributed by atoms with van der Waals surface area (Å²) < 4.78 is 32.5. The summed E-state index contributed by atoms with van der Waals surface area (Å²) in [5.74, 6) is 1.15. The Morgan fingerprint density at radius 3 is 2.52 bits per heavy atom. The minimum Gasteiger partial charge on any atom is -0.497 e. The highest BCUT2D eigenvalue weighted by Gasteiger charge is 2.31. The fraction of sp³-hybridized carbons (Fsp3) is 0.412. The first-order valence-electron chi connectivity index (χ1n) is 7.69. The summed E-state index contributed by atoms with van der Waals surface area (Å²) in [7, 11) is -1.85. The molecule has 1 aliphatic rings. The van der Waals surface area contributed by atoms with Gasteiger partial charge in [-0.1, -0.05) is 0 Å². The van der Waals surface area contributed by atoms with Crippen molar-refractivity contribution in [2.24, 2.45) is 0 Å². The second kappa shape index (κ2) is 6.63. The van der Waals surface area contributed by atoms with Crippen molar-refractivity contribution in [2.45, 2.75) is 30.6 Å². The highest BCUT2D eigenvalue weighted by Crippen LogP contribution is 2.32. The largest absolute Gasteiger partial charge is 0.497 e. The van der Waals surface area contributed by atoms with Gasteiger partial charge in [-0.05, 0) is 71.8 Å². The first kappa shape index (κ1) is 16.5. The Bertz CT molecular complexity index is 761. The number of thiophene rings is 1. The molecule has 23 heavy (non-hydrogen) atoms. The molecule has 4 nitrogen and oxygen atoms in total. The van der Waals surface area contributed by atoms with Gasteiger partial charge in [-0.15, -0.1) is 0 Å². The number of benzene rings is 1. The zero-order valence-electron chi connectivity index (χ0n) is 13.4. The average molecular weight is 351 g/mol. The minimum atomic E-state index is -3.43. The third-order valence-corrected chi connectivity index (χ3v) is 7.23. The molecule has 124 valence electrons. The van der Waals surface area contributed by atoms with Crippen molar-refractivity contribution in [3.05, 3.63) is 46.2 Å². The molecule has 0 spiro atoms. The molecule has 0 amide bonds. The first-order valence-corrected chi connectivity index (χ1v) is 10.1. The second-order valence-corrected chi connectivity index (χ2v) is 8.55. The van der Waals surface area contributed by atoms with Gasteiger partial charge in [-0.25, -0.2) is 8.42 Å². The summed E-state index contributed by atoms with van der Waals surface area (Å²) in [4.78, 5) is 0.382. The van der Waals surface area contributed by atoms with E-state index < -0.39 is 10.0 Å². The van der Waals surface area contributed by atoms with Crippen LogP contribution in [0, 0.1) is 6.92 Å². The van der Waals surface area contributed by atoms with Crippen molar-refractivity contribution in [3.8, 4) is 5.75 Å². The van der Waals surface area contributed by atoms with E-state index in [0.717, 1.165) is 18.4 Å². The molecular weight excluding hydrogens is 330 g/mol. The van der Waals surface area contributed by atoms with Crippen LogP contribution >= 0.6 is 11.3 Å². The van der Waals surface area contributed by atoms with Gasteiger partial charge in [0.1, 0.15) is 5.75 Å². The van der Waals surface area contributed by atoms with Crippen LogP contribution in [0.15, 0.2) is 39.9 Å². The van der Waals surface area contributed by atoms with Crippen LogP contribution in [0.4, 0.5) is 0 Å². The molecule has 0 unspecified atom stereocenters. The molecule has 1 fully saturated rings. The number of ether oxygens (including phenoxy) is 1. The lowest BCUT2D eigenvalue weighted by molar-refractivity contribution is 0.319. The number of hydrogen-bond acceptors (Lipinski definition) is 4. The zero-order valence-corrected chi connectivity index (χ0v) is 15.0. The Hall–Kier alpha value is -1.37. The van der Waals surface area contributed by atoms with Crippen LogP contribution in [0.5, 0.6) is 5.75 Å². The quantitative estimate of drug-likeness (QED) is 0.845. The predicted octanol–water partition coefficient (Wildman–Crippen LogP) is 3.63. The van der Waals surface area contributed by atoms with E-state index in [4.69, 9.17) is 4.74 Å². The molecule has 3 rings (SSSR count). The van der Waals surface area contributed by atoms with Crippen molar-refractivity contribution in [1.29, 1.82) is 0 Å². The lowest BCUT2D eigenvalue weighted by Gasteiger charge is -2.31. The van der Waals surface area contributed by atoms with Crippen molar-refractivity contribution in [2.75, 3.05) is 20.2 Å². The molecule has 1 aromatic heterocycles. The van der Waals surface area contributed by atoms with Gasteiger partial charge in [0.05, 0.1) is 12.0 Å². The number of nitrogens with zero attached hydrogens (tertiary/aromatic N) is 1. The minimum absolute atomic E-state index is 0.382. The monoisotopic (exact) mass is 351 g/mol. The third-order valence-electron chi connectivity index (χ3n) is 4.47. The maximum absolute atomic E-state index is 12.9. The number of hydrogen-bond donors (Lipinski definition) is 0. The SMILES string of the molecule is COc1ccc(S(=O)(=O)N2CCC(c3ccsc3)CC2)c(C)c1. The molecular formula is C17H21NO3S2. The van der Waals surface area contributed by atoms with Gasteiger partial charge in [0.25, 0.3) is 0 Å². The molecule has 0 bridgehead atoms. The van der Waals surface area contributed by atoms with Crippen LogP contribution in [0.2, 0.25) is 0 Å². The van der Waals surface area contributed by atoms with Crippen LogP contribution in [0.25, 0.3) is 0 Å². The molecule has 1 aromatic carbocycles. The molecule has 0 radical (unpaired) electrons. The molecule has 1 saturated heterocycles. The van der Waals surface area contributed by atoms with Gasteiger partial charge in [0.15, 0.2) is 0 Å². The Balaban J connectivity index is 1.76. The maximum atomic E-state index is 12.9. The molecule has 2 aromatic rings. The zero-order chi connectivity index (χ0) is 16.4. The van der Waals surface area contributed by atoms with Crippen molar-refractivity contribution in [3.63, 3.8) is 0 Å². The fourth-order valence-electron chi connectivity index (χ4n) is 3.11. The van der Waals surface area contributed by atoms with E-state index in [9.17, 15) is 8.42 Å². The summed E-state index contributed by atoms with van der Waals surface area (Å²) in [5.41, 5.74) is 2.07. The van der Waals surface area contributed by atoms with E-state index in [1.807, 2.05) is 6.92 Å². The molecule has 2 heterocycles. The highest BCUT2D eigenvalue weighted by molar-refractivity contribution is 7.89. The van der Waals surface area contributed by atoms with Crippen molar-refractivity contribution >= 4 is 21.4 Å². The number of piperidine rings is 1. The van der Waals surface area contributed by atoms with Crippen LogP contribution in [0.3, 0.4) is 0 Å². The van der Waals surface area contributed by atoms with E-state index in [2.05, 4.69) is 16.8 Å². The van der Waals surface area contributed by atoms with Crippen molar-refractivity contribution < 1.29 is 13.2 Å². The number of sulfonamides is 1. The summed E-state index contributed by atoms with van der Waals surface area (Å²) in [6.07, 6.45) is 1.76. The van der Waals surface area contributed by atoms with Crippen LogP contribution in [-0.2, 0) is 10.0 Å². The van der Waals surface area contributed by atoms with Crippen LogP contribution in [-0.4, -0.2) is 32.9 Å². The number of aryl methyl sites for hydroxylation is 1. The van der Waals surface area contributed by atoms with Crippen LogP contribution < -0.4 is 4.74 Å². The molecule has 0 saturated carbocycles. The average Bonchev–Trinajstić information content (AvgIpc) is 3.09. The van der Waals surface area contributed by atoms with E-state index >= 15 is 0 Å². The van der Waals surface area contributed by atoms with Gasteiger partial charge in [-0.3, -0.25) is 0 Å². The van der Waals surface area contributed by atoms with Crippen LogP contribution in [0.1, 0.15) is 29.9 Å². The van der Waals surface area contributed by atoms with E-state index in [0.29, 0.717) is 29.7 Å². The molecule has 0 aliphatic carbocycles. The van der Waals surface area contributed by atoms with Gasteiger partial charge in [0.2, 0.25) is 10.0 Å². The maximum Gasteiger partial charge on any atom is 0.243 e. The predicted molar refractivity (Wildman–Crippen MR) is 92.8 cm³/mol. The number of methoxy groups -OCH3 is 1. The van der Waals surface area contributed by atoms with Gasteiger partial charge >= 0.3 is 0 Å². The van der Waals surface area contributed by atoms with E-state index in [-0.39, 0.29) is 0 Å². The van der Waals surface area contributed by atoms with Gasteiger partial charge in [0, 0.05) is 13.1 Å². The van der Waals surface area contributed by atoms with E-state index in [1.54, 1.807) is 41.0 Å². The number of rotatable bonds is 4. The van der Waals surface area contributed by atoms with Gasteiger partial charge in [-0.2, -0.15) is 15.6 Å². The molecule has 1 aliphatic heterocycles. The molecule has 0 N–H and O–H groups in total. The highest BCUT2D eigenvalue weighted by atomic mass is 32.2. The normalized spacial score (nSPS) is 17.3. The van der Waals surface area contributed by atoms with Gasteiger partial charge < -0.3 is 4.74 Å². The summed E-state index contributed by atoms with van der Waals surface area (Å²) in [6, 6.07) is 7.27. The Labute approximate surface area is 141 Å². The summed E-state index contributed by atoms with van der Waals surface area (Å²) in [5, 5.41) is 4.25. The van der Waals surface area contributed by atoms with Crippen molar-refractivity contribution in [1.82, 2.24) is 4.31 Å². The Morgan fingerprint density at radius 1 is 1.22 bits per heavy atom. The second-order valence-electron chi connectivity index (χ2n) is 5.87. The Kier molecular flexibility index (Phi) is 4.75. The van der Waals surface area contributed by atoms with E-state index in [1.165, 1.54) is 5.56 Å². The standard InChI is InChI=1S/C17H21NO3S2/c1-13-11-16(21-2)3-4-17(13)23(19,20)18-8-5-14(6-9-18)15-7-10-22-12-15/h3-4,7,10-12,14H,5-6,8-9H2,1-2H3. The first-order chi connectivity index (χ1) is 11.0. The lowest BCUT2D eigenvalue weighted by Crippen LogP contribution is -2.38. The smallest absolute Gasteiger partial charge is 0.243 e. The summed E-state index contributed by atoms with van der Waals surface area (Å²) in [6.45, 7) is 2.97. The molecule has 6 heteroatoms. The Morgan fingerprint density at radius 2 is 1.96 bits per heavy atom. The molecule has 0 atom stereocenters. The topological polar surface area (TPSA) is 46.6 Å². The third kappa shape index (κ3) is 3.29. The fourth-order valence-corrected chi connectivity index (χ4v) is 5.53. The summed E-state index contributed by atoms with van der Waals surface area (Å²) >= 11 is 1.70.